The lowest BCUT2D eigenvalue weighted by Crippen LogP contribution is -2.10. The SMILES string of the molecule is COC(C)CCCC(=O)O.COC(C)CCOC(C)=O.COCCCCCC(=O)O. The van der Waals surface area contributed by atoms with Crippen molar-refractivity contribution in [2.45, 2.75) is 84.3 Å². The zero-order valence-corrected chi connectivity index (χ0v) is 19.5. The van der Waals surface area contributed by atoms with Crippen molar-refractivity contribution in [2.24, 2.45) is 0 Å². The molecule has 0 radical (unpaired) electrons. The molecule has 0 spiro atoms. The maximum Gasteiger partial charge on any atom is 0.303 e. The molecule has 0 saturated heterocycles. The molecule has 0 saturated carbocycles. The van der Waals surface area contributed by atoms with Gasteiger partial charge in [-0.05, 0) is 39.5 Å². The number of hydrogen-bond acceptors (Lipinski definition) is 7. The highest BCUT2D eigenvalue weighted by atomic mass is 16.5. The predicted octanol–water partition coefficient (Wildman–Crippen LogP) is 3.53. The second-order valence-electron chi connectivity index (χ2n) is 6.70. The van der Waals surface area contributed by atoms with Crippen molar-refractivity contribution >= 4 is 17.9 Å². The first-order valence-corrected chi connectivity index (χ1v) is 10.2. The van der Waals surface area contributed by atoms with Crippen LogP contribution in [0.15, 0.2) is 0 Å². The van der Waals surface area contributed by atoms with Crippen molar-refractivity contribution in [1.82, 2.24) is 0 Å². The van der Waals surface area contributed by atoms with E-state index in [9.17, 15) is 14.4 Å². The minimum atomic E-state index is -0.733. The van der Waals surface area contributed by atoms with Crippen LogP contribution in [0.25, 0.3) is 0 Å². The van der Waals surface area contributed by atoms with Crippen LogP contribution < -0.4 is 0 Å². The number of aliphatic carboxylic acids is 2. The number of carbonyl (C=O) groups is 3. The topological polar surface area (TPSA) is 129 Å². The number of hydrogen-bond donors (Lipinski definition) is 2. The van der Waals surface area contributed by atoms with Crippen LogP contribution in [-0.2, 0) is 33.3 Å². The largest absolute Gasteiger partial charge is 0.481 e. The molecule has 0 aliphatic heterocycles. The van der Waals surface area contributed by atoms with E-state index in [1.165, 1.54) is 6.92 Å². The molecule has 2 unspecified atom stereocenters. The molecule has 0 bridgehead atoms. The number of methoxy groups -OCH3 is 3. The Morgan fingerprint density at radius 2 is 1.23 bits per heavy atom. The first-order valence-electron chi connectivity index (χ1n) is 10.2. The molecule has 0 aromatic rings. The third-order valence-corrected chi connectivity index (χ3v) is 3.87. The standard InChI is InChI=1S/3C7H14O3/c1-6(9-3)4-5-10-7(2)8;1-6(10-2)4-3-5-7(8)9;1-10-6-4-2-3-5-7(8)9/h6H,4-5H2,1-3H3;6H,3-5H2,1-2H3,(H,8,9);2-6H2,1H3,(H,8,9). The summed E-state index contributed by atoms with van der Waals surface area (Å²) in [6.45, 7) is 6.45. The van der Waals surface area contributed by atoms with Gasteiger partial charge >= 0.3 is 17.9 Å². The maximum absolute atomic E-state index is 10.3. The summed E-state index contributed by atoms with van der Waals surface area (Å²) in [4.78, 5) is 30.3. The summed E-state index contributed by atoms with van der Waals surface area (Å²) in [5.41, 5.74) is 0. The monoisotopic (exact) mass is 438 g/mol. The van der Waals surface area contributed by atoms with E-state index in [0.29, 0.717) is 13.0 Å². The first-order chi connectivity index (χ1) is 14.1. The average molecular weight is 439 g/mol. The van der Waals surface area contributed by atoms with Gasteiger partial charge in [0.25, 0.3) is 0 Å². The van der Waals surface area contributed by atoms with Gasteiger partial charge in [0, 0.05) is 54.1 Å². The van der Waals surface area contributed by atoms with E-state index in [1.807, 2.05) is 13.8 Å². The number of carboxylic acids is 2. The zero-order valence-electron chi connectivity index (χ0n) is 19.5. The van der Waals surface area contributed by atoms with Crippen molar-refractivity contribution in [3.63, 3.8) is 0 Å². The van der Waals surface area contributed by atoms with Crippen molar-refractivity contribution < 1.29 is 43.5 Å². The van der Waals surface area contributed by atoms with Crippen molar-refractivity contribution in [1.29, 1.82) is 0 Å². The predicted molar refractivity (Wildman–Crippen MR) is 114 cm³/mol. The van der Waals surface area contributed by atoms with Crippen LogP contribution in [0.3, 0.4) is 0 Å². The lowest BCUT2D eigenvalue weighted by Gasteiger charge is -2.07. The van der Waals surface area contributed by atoms with Gasteiger partial charge in [0.2, 0.25) is 0 Å². The molecule has 2 atom stereocenters. The summed E-state index contributed by atoms with van der Waals surface area (Å²) in [6, 6.07) is 0. The highest BCUT2D eigenvalue weighted by Gasteiger charge is 2.01. The molecule has 0 aromatic carbocycles. The van der Waals surface area contributed by atoms with Gasteiger partial charge in [-0.1, -0.05) is 6.42 Å². The summed E-state index contributed by atoms with van der Waals surface area (Å²) in [5, 5.41) is 16.5. The van der Waals surface area contributed by atoms with Crippen LogP contribution in [0.4, 0.5) is 0 Å². The van der Waals surface area contributed by atoms with E-state index in [4.69, 9.17) is 29.2 Å². The van der Waals surface area contributed by atoms with Gasteiger partial charge in [0.05, 0.1) is 18.8 Å². The molecule has 30 heavy (non-hydrogen) atoms. The molecular weight excluding hydrogens is 396 g/mol. The Hall–Kier alpha value is -1.71. The Labute approximate surface area is 181 Å². The Morgan fingerprint density at radius 3 is 1.67 bits per heavy atom. The smallest absolute Gasteiger partial charge is 0.303 e. The molecule has 180 valence electrons. The van der Waals surface area contributed by atoms with Crippen LogP contribution in [0, 0.1) is 0 Å². The summed E-state index contributed by atoms with van der Waals surface area (Å²) in [7, 11) is 4.92. The summed E-state index contributed by atoms with van der Waals surface area (Å²) >= 11 is 0. The van der Waals surface area contributed by atoms with Crippen LogP contribution in [-0.4, -0.2) is 74.9 Å². The molecule has 9 heteroatoms. The molecule has 0 heterocycles. The molecule has 2 N–H and O–H groups in total. The summed E-state index contributed by atoms with van der Waals surface area (Å²) in [6.07, 6.45) is 5.82. The summed E-state index contributed by atoms with van der Waals surface area (Å²) < 4.78 is 19.4. The van der Waals surface area contributed by atoms with Crippen LogP contribution in [0.1, 0.15) is 72.1 Å². The normalized spacial score (nSPS) is 11.8. The van der Waals surface area contributed by atoms with E-state index in [1.54, 1.807) is 21.3 Å². The average Bonchev–Trinajstić information content (AvgIpc) is 2.67. The van der Waals surface area contributed by atoms with Crippen molar-refractivity contribution in [2.75, 3.05) is 34.5 Å². The van der Waals surface area contributed by atoms with Gasteiger partial charge in [-0.2, -0.15) is 0 Å². The van der Waals surface area contributed by atoms with Gasteiger partial charge in [0.1, 0.15) is 0 Å². The molecule has 0 aliphatic carbocycles. The van der Waals surface area contributed by atoms with Crippen LogP contribution in [0.2, 0.25) is 0 Å². The Balaban J connectivity index is -0.000000364. The van der Waals surface area contributed by atoms with Gasteiger partial charge in [0.15, 0.2) is 0 Å². The van der Waals surface area contributed by atoms with E-state index in [0.717, 1.165) is 38.7 Å². The molecule has 0 aromatic heterocycles. The lowest BCUT2D eigenvalue weighted by atomic mass is 10.2. The van der Waals surface area contributed by atoms with Crippen molar-refractivity contribution in [3.8, 4) is 0 Å². The number of ether oxygens (including phenoxy) is 4. The molecular formula is C21H42O9. The fourth-order valence-electron chi connectivity index (χ4n) is 1.84. The van der Waals surface area contributed by atoms with E-state index in [2.05, 4.69) is 0 Å². The minimum absolute atomic E-state index is 0.166. The molecule has 9 nitrogen and oxygen atoms in total. The zero-order chi connectivity index (χ0) is 23.8. The Bertz CT molecular complexity index is 387. The fourth-order valence-corrected chi connectivity index (χ4v) is 1.84. The molecule has 0 fully saturated rings. The number of carboxylic acid groups (broad SMARTS) is 2. The Kier molecular flexibility index (Phi) is 27.8. The number of esters is 1. The quantitative estimate of drug-likeness (QED) is 0.291. The molecule has 0 rings (SSSR count). The second kappa shape index (κ2) is 25.3. The maximum atomic E-state index is 10.3. The van der Waals surface area contributed by atoms with Crippen molar-refractivity contribution in [3.05, 3.63) is 0 Å². The van der Waals surface area contributed by atoms with Gasteiger partial charge in [-0.25, -0.2) is 0 Å². The van der Waals surface area contributed by atoms with Crippen LogP contribution in [0.5, 0.6) is 0 Å². The third kappa shape index (κ3) is 37.1. The first kappa shape index (κ1) is 32.9. The van der Waals surface area contributed by atoms with Crippen LogP contribution >= 0.6 is 0 Å². The number of carbonyl (C=O) groups excluding carboxylic acids is 1. The van der Waals surface area contributed by atoms with Gasteiger partial charge < -0.3 is 29.2 Å². The van der Waals surface area contributed by atoms with E-state index >= 15 is 0 Å². The third-order valence-electron chi connectivity index (χ3n) is 3.87. The molecule has 0 amide bonds. The van der Waals surface area contributed by atoms with Gasteiger partial charge in [-0.15, -0.1) is 0 Å². The summed E-state index contributed by atoms with van der Waals surface area (Å²) in [5.74, 6) is -1.68. The van der Waals surface area contributed by atoms with Gasteiger partial charge in [-0.3, -0.25) is 14.4 Å². The second-order valence-corrected chi connectivity index (χ2v) is 6.70. The highest BCUT2D eigenvalue weighted by molar-refractivity contribution is 5.66. The lowest BCUT2D eigenvalue weighted by molar-refractivity contribution is -0.142. The minimum Gasteiger partial charge on any atom is -0.481 e. The number of rotatable bonds is 15. The highest BCUT2D eigenvalue weighted by Crippen LogP contribution is 2.02. The number of unbranched alkanes of at least 4 members (excludes halogenated alkanes) is 2. The molecule has 0 aliphatic rings. The van der Waals surface area contributed by atoms with E-state index < -0.39 is 11.9 Å². The fraction of sp³-hybridized carbons (Fsp3) is 0.857. The Morgan fingerprint density at radius 1 is 0.733 bits per heavy atom. The van der Waals surface area contributed by atoms with E-state index in [-0.39, 0.29) is 31.0 Å².